The maximum absolute atomic E-state index is 5.62. The number of thiazole rings is 1. The van der Waals surface area contributed by atoms with E-state index in [9.17, 15) is 0 Å². The number of hydrogen-bond acceptors (Lipinski definition) is 9. The number of anilines is 2. The first-order valence-corrected chi connectivity index (χ1v) is 11.7. The number of aliphatic imine (C=N–C) groups is 1. The van der Waals surface area contributed by atoms with Crippen molar-refractivity contribution in [2.45, 2.75) is 44.6 Å². The molecule has 158 valence electrons. The van der Waals surface area contributed by atoms with Gasteiger partial charge in [-0.15, -0.1) is 11.3 Å². The molecule has 0 aromatic carbocycles. The molecule has 30 heavy (non-hydrogen) atoms. The lowest BCUT2D eigenvalue weighted by Crippen LogP contribution is -2.35. The van der Waals surface area contributed by atoms with Gasteiger partial charge in [-0.2, -0.15) is 0 Å². The van der Waals surface area contributed by atoms with Crippen molar-refractivity contribution in [1.82, 2.24) is 15.3 Å². The molecule has 5 rings (SSSR count). The summed E-state index contributed by atoms with van der Waals surface area (Å²) in [6.45, 7) is 3.63. The quantitative estimate of drug-likeness (QED) is 0.713. The number of aromatic nitrogens is 2. The van der Waals surface area contributed by atoms with Gasteiger partial charge in [0.2, 0.25) is 0 Å². The summed E-state index contributed by atoms with van der Waals surface area (Å²) >= 11 is 1.57. The lowest BCUT2D eigenvalue weighted by molar-refractivity contribution is 0.00527. The Morgan fingerprint density at radius 1 is 1.13 bits per heavy atom. The van der Waals surface area contributed by atoms with Crippen molar-refractivity contribution in [2.75, 3.05) is 36.4 Å². The summed E-state index contributed by atoms with van der Waals surface area (Å²) in [7, 11) is 0. The van der Waals surface area contributed by atoms with Crippen LogP contribution in [0.25, 0.3) is 11.4 Å². The van der Waals surface area contributed by atoms with Gasteiger partial charge in [0.05, 0.1) is 11.4 Å². The largest absolute Gasteiger partial charge is 0.393 e. The van der Waals surface area contributed by atoms with E-state index in [1.54, 1.807) is 11.3 Å². The zero-order chi connectivity index (χ0) is 20.2. The van der Waals surface area contributed by atoms with Crippen molar-refractivity contribution in [2.24, 2.45) is 10.1 Å². The molecule has 1 saturated heterocycles. The number of nitrogens with zero attached hydrogens (tertiary/aromatic N) is 5. The van der Waals surface area contributed by atoms with Crippen LogP contribution in [0.1, 0.15) is 38.5 Å². The van der Waals surface area contributed by atoms with Crippen molar-refractivity contribution in [1.29, 1.82) is 0 Å². The molecule has 0 unspecified atom stereocenters. The normalized spacial score (nSPS) is 19.5. The van der Waals surface area contributed by atoms with E-state index in [1.165, 1.54) is 12.1 Å². The minimum atomic E-state index is 0.354. The summed E-state index contributed by atoms with van der Waals surface area (Å²) in [5.74, 6) is 1.79. The molecule has 0 bridgehead atoms. The maximum atomic E-state index is 5.62. The van der Waals surface area contributed by atoms with Gasteiger partial charge in [-0.1, -0.05) is 11.2 Å². The van der Waals surface area contributed by atoms with E-state index in [4.69, 9.17) is 14.8 Å². The zero-order valence-corrected chi connectivity index (χ0v) is 17.8. The Balaban J connectivity index is 1.21. The fraction of sp³-hybridized carbons (Fsp3) is 0.524. The fourth-order valence-corrected chi connectivity index (χ4v) is 4.32. The molecule has 4 heterocycles. The number of hydrogen-bond donors (Lipinski definition) is 2. The van der Waals surface area contributed by atoms with E-state index in [-0.39, 0.29) is 0 Å². The number of rotatable bonds is 5. The number of guanidine groups is 1. The van der Waals surface area contributed by atoms with Gasteiger partial charge in [0, 0.05) is 44.4 Å². The first-order valence-electron chi connectivity index (χ1n) is 10.8. The van der Waals surface area contributed by atoms with Crippen molar-refractivity contribution in [3.63, 3.8) is 0 Å². The van der Waals surface area contributed by atoms with Crippen molar-refractivity contribution < 1.29 is 4.84 Å². The predicted molar refractivity (Wildman–Crippen MR) is 121 cm³/mol. The summed E-state index contributed by atoms with van der Waals surface area (Å²) in [5, 5.41) is 13.8. The summed E-state index contributed by atoms with van der Waals surface area (Å²) in [6, 6.07) is 6.14. The van der Waals surface area contributed by atoms with Crippen LogP contribution in [-0.4, -0.2) is 53.9 Å². The smallest absolute Gasteiger partial charge is 0.197 e. The van der Waals surface area contributed by atoms with Crippen LogP contribution in [0.15, 0.2) is 33.7 Å². The molecular weight excluding hydrogens is 398 g/mol. The molecule has 2 aromatic heterocycles. The Kier molecular flexibility index (Phi) is 5.78. The fourth-order valence-electron chi connectivity index (χ4n) is 3.62. The first kappa shape index (κ1) is 19.3. The number of nitrogens with one attached hydrogen (secondary N) is 2. The second-order valence-electron chi connectivity index (χ2n) is 7.86. The van der Waals surface area contributed by atoms with Crippen molar-refractivity contribution >= 4 is 34.0 Å². The van der Waals surface area contributed by atoms with Gasteiger partial charge in [-0.25, -0.2) is 9.97 Å². The number of oxime groups is 1. The second-order valence-corrected chi connectivity index (χ2v) is 8.72. The Labute approximate surface area is 180 Å². The molecule has 2 aromatic rings. The van der Waals surface area contributed by atoms with E-state index in [0.29, 0.717) is 6.10 Å². The molecule has 0 amide bonds. The Morgan fingerprint density at radius 3 is 2.80 bits per heavy atom. The van der Waals surface area contributed by atoms with Crippen LogP contribution in [0.5, 0.6) is 0 Å². The molecule has 2 N–H and O–H groups in total. The minimum Gasteiger partial charge on any atom is -0.393 e. The minimum absolute atomic E-state index is 0.354. The molecule has 0 atom stereocenters. The summed E-state index contributed by atoms with van der Waals surface area (Å²) in [4.78, 5) is 21.9. The molecule has 2 fully saturated rings. The molecule has 0 radical (unpaired) electrons. The van der Waals surface area contributed by atoms with Crippen LogP contribution in [0.3, 0.4) is 0 Å². The molecule has 1 aliphatic carbocycles. The van der Waals surface area contributed by atoms with E-state index in [2.05, 4.69) is 37.8 Å². The average molecular weight is 426 g/mol. The zero-order valence-electron chi connectivity index (χ0n) is 17.0. The summed E-state index contributed by atoms with van der Waals surface area (Å²) in [5.41, 5.74) is 2.95. The number of piperidine rings is 1. The highest BCUT2D eigenvalue weighted by Crippen LogP contribution is 2.27. The standard InChI is InChI=1S/C21H27N7OS/c1-4-16(5-1)29-27-15-8-12-28(13-9-15)19-7-2-6-17(24-19)18-14-30-21(25-18)26-20-22-10-3-11-23-20/h2,6-7,14,16H,1,3-5,8-13H2,(H2,22,23,25,26). The Hall–Kier alpha value is -2.68. The van der Waals surface area contributed by atoms with Crippen LogP contribution in [0, 0.1) is 0 Å². The molecule has 1 saturated carbocycles. The van der Waals surface area contributed by atoms with Crippen molar-refractivity contribution in [3.8, 4) is 11.4 Å². The van der Waals surface area contributed by atoms with Gasteiger partial charge < -0.3 is 20.4 Å². The van der Waals surface area contributed by atoms with Crippen molar-refractivity contribution in [3.05, 3.63) is 23.6 Å². The van der Waals surface area contributed by atoms with Gasteiger partial charge in [0.1, 0.15) is 17.6 Å². The average Bonchev–Trinajstić information content (AvgIpc) is 3.22. The highest BCUT2D eigenvalue weighted by atomic mass is 32.1. The van der Waals surface area contributed by atoms with Crippen LogP contribution in [0.2, 0.25) is 0 Å². The third-order valence-corrected chi connectivity index (χ3v) is 6.43. The molecular formula is C21H27N7OS. The van der Waals surface area contributed by atoms with E-state index >= 15 is 0 Å². The topological polar surface area (TPSA) is 87.0 Å². The van der Waals surface area contributed by atoms with Gasteiger partial charge in [-0.05, 0) is 37.8 Å². The predicted octanol–water partition coefficient (Wildman–Crippen LogP) is 3.49. The lowest BCUT2D eigenvalue weighted by atomic mass is 9.97. The molecule has 3 aliphatic rings. The van der Waals surface area contributed by atoms with Crippen LogP contribution >= 0.6 is 11.3 Å². The van der Waals surface area contributed by atoms with Crippen LogP contribution < -0.4 is 15.5 Å². The molecule has 8 nitrogen and oxygen atoms in total. The monoisotopic (exact) mass is 425 g/mol. The second kappa shape index (κ2) is 8.99. The lowest BCUT2D eigenvalue weighted by Gasteiger charge is -2.29. The third-order valence-electron chi connectivity index (χ3n) is 5.67. The Bertz CT molecular complexity index is 927. The van der Waals surface area contributed by atoms with Gasteiger partial charge in [0.25, 0.3) is 0 Å². The van der Waals surface area contributed by atoms with E-state index in [1.807, 2.05) is 11.4 Å². The summed E-state index contributed by atoms with van der Waals surface area (Å²) < 4.78 is 0. The molecule has 0 spiro atoms. The van der Waals surface area contributed by atoms with Crippen LogP contribution in [-0.2, 0) is 4.84 Å². The highest BCUT2D eigenvalue weighted by molar-refractivity contribution is 7.14. The molecule has 2 aliphatic heterocycles. The van der Waals surface area contributed by atoms with Gasteiger partial charge in [0.15, 0.2) is 11.1 Å². The van der Waals surface area contributed by atoms with Gasteiger partial charge in [-0.3, -0.25) is 4.99 Å². The SMILES string of the molecule is c1cc(-c2csc(NC3=NCCCN3)n2)nc(N2CCC(=NOC3CCC3)CC2)c1. The van der Waals surface area contributed by atoms with E-state index in [0.717, 1.165) is 86.6 Å². The maximum Gasteiger partial charge on any atom is 0.197 e. The van der Waals surface area contributed by atoms with Crippen LogP contribution in [0.4, 0.5) is 10.9 Å². The number of pyridine rings is 1. The highest BCUT2D eigenvalue weighted by Gasteiger charge is 2.21. The summed E-state index contributed by atoms with van der Waals surface area (Å²) in [6.07, 6.45) is 6.86. The Morgan fingerprint density at radius 2 is 2.03 bits per heavy atom. The van der Waals surface area contributed by atoms with E-state index < -0.39 is 0 Å². The van der Waals surface area contributed by atoms with Gasteiger partial charge >= 0.3 is 0 Å². The molecule has 9 heteroatoms. The first-order chi connectivity index (χ1) is 14.8. The third kappa shape index (κ3) is 4.56.